The molecule has 0 saturated heterocycles. The molecule has 4 rings (SSSR count). The molecule has 0 atom stereocenters. The van der Waals surface area contributed by atoms with Gasteiger partial charge in [0.15, 0.2) is 23.9 Å². The number of amides is 1. The van der Waals surface area contributed by atoms with Gasteiger partial charge in [0.2, 0.25) is 6.79 Å². The number of hydrogen-bond acceptors (Lipinski definition) is 7. The van der Waals surface area contributed by atoms with E-state index in [1.807, 2.05) is 44.2 Å². The molecule has 0 bridgehead atoms. The van der Waals surface area contributed by atoms with E-state index in [0.29, 0.717) is 11.5 Å². The molecule has 1 aliphatic rings. The number of rotatable bonds is 7. The predicted octanol–water partition coefficient (Wildman–Crippen LogP) is 3.62. The van der Waals surface area contributed by atoms with Crippen LogP contribution in [-0.2, 0) is 14.3 Å². The molecule has 3 aromatic rings. The molecule has 0 fully saturated rings. The first-order chi connectivity index (χ1) is 16.3. The van der Waals surface area contributed by atoms with Crippen LogP contribution in [0, 0.1) is 13.8 Å². The summed E-state index contributed by atoms with van der Waals surface area (Å²) in [6.07, 6.45) is 2.87. The van der Waals surface area contributed by atoms with Crippen molar-refractivity contribution in [2.24, 2.45) is 0 Å². The van der Waals surface area contributed by atoms with E-state index in [4.69, 9.17) is 14.2 Å². The van der Waals surface area contributed by atoms with Crippen molar-refractivity contribution in [3.63, 3.8) is 0 Å². The number of aromatic nitrogens is 2. The number of ether oxygens (including phenoxy) is 3. The molecule has 174 valence electrons. The number of nitrogens with zero attached hydrogens (tertiary/aromatic N) is 2. The summed E-state index contributed by atoms with van der Waals surface area (Å²) in [6.45, 7) is 4.65. The first-order valence-electron chi connectivity index (χ1n) is 10.5. The van der Waals surface area contributed by atoms with Gasteiger partial charge in [0, 0.05) is 29.0 Å². The first-order valence-corrected chi connectivity index (χ1v) is 10.5. The monoisotopic (exact) mass is 461 g/mol. The van der Waals surface area contributed by atoms with Crippen molar-refractivity contribution >= 4 is 29.4 Å². The lowest BCUT2D eigenvalue weighted by atomic mass is 10.1. The number of hydrogen-bond donors (Lipinski definition) is 1. The molecule has 1 aliphatic heterocycles. The van der Waals surface area contributed by atoms with Crippen LogP contribution in [0.4, 0.5) is 5.69 Å². The minimum atomic E-state index is -0.682. The Bertz CT molecular complexity index is 1290. The van der Waals surface area contributed by atoms with E-state index in [2.05, 4.69) is 10.4 Å². The molecule has 2 aromatic carbocycles. The average molecular weight is 461 g/mol. The number of fused-ring (bicyclic) bond motifs is 1. The Balaban J connectivity index is 1.38. The summed E-state index contributed by atoms with van der Waals surface area (Å²) in [6, 6.07) is 12.7. The fourth-order valence-electron chi connectivity index (χ4n) is 3.58. The number of esters is 1. The Morgan fingerprint density at radius 2 is 1.82 bits per heavy atom. The summed E-state index contributed by atoms with van der Waals surface area (Å²) in [7, 11) is 0. The van der Waals surface area contributed by atoms with Gasteiger partial charge < -0.3 is 19.5 Å². The van der Waals surface area contributed by atoms with Crippen LogP contribution in [0.5, 0.6) is 11.5 Å². The summed E-state index contributed by atoms with van der Waals surface area (Å²) in [4.78, 5) is 36.5. The highest BCUT2D eigenvalue weighted by Crippen LogP contribution is 2.37. The van der Waals surface area contributed by atoms with Gasteiger partial charge in [-0.05, 0) is 45.0 Å². The Labute approximate surface area is 195 Å². The highest BCUT2D eigenvalue weighted by molar-refractivity contribution is 6.05. The van der Waals surface area contributed by atoms with Gasteiger partial charge in [-0.25, -0.2) is 9.48 Å². The fraction of sp³-hybridized carbons (Fsp3) is 0.200. The minimum Gasteiger partial charge on any atom is -0.454 e. The van der Waals surface area contributed by atoms with Gasteiger partial charge in [-0.15, -0.1) is 0 Å². The zero-order valence-electron chi connectivity index (χ0n) is 19.0. The van der Waals surface area contributed by atoms with Crippen LogP contribution in [-0.4, -0.2) is 40.8 Å². The number of benzene rings is 2. The van der Waals surface area contributed by atoms with E-state index >= 15 is 0 Å². The number of carbonyl (C=O) groups excluding carboxylic acids is 3. The van der Waals surface area contributed by atoms with E-state index < -0.39 is 18.5 Å². The number of carbonyl (C=O) groups is 3. The summed E-state index contributed by atoms with van der Waals surface area (Å²) < 4.78 is 17.4. The SMILES string of the molecule is CC(=O)c1cc2c(cc1NC(=O)COC(=O)/C=C/c1c(C)nn(-c3ccccc3)c1C)OCO2. The van der Waals surface area contributed by atoms with E-state index in [-0.39, 0.29) is 23.8 Å². The number of anilines is 1. The number of nitrogens with one attached hydrogen (secondary N) is 1. The van der Waals surface area contributed by atoms with Crippen LogP contribution in [0.15, 0.2) is 48.5 Å². The Kier molecular flexibility index (Phi) is 6.44. The van der Waals surface area contributed by atoms with Gasteiger partial charge in [-0.3, -0.25) is 9.59 Å². The van der Waals surface area contributed by atoms with Crippen molar-refractivity contribution < 1.29 is 28.6 Å². The van der Waals surface area contributed by atoms with Gasteiger partial charge in [-0.2, -0.15) is 5.10 Å². The smallest absolute Gasteiger partial charge is 0.331 e. The molecule has 1 amide bonds. The van der Waals surface area contributed by atoms with Crippen molar-refractivity contribution in [1.29, 1.82) is 0 Å². The molecule has 0 spiro atoms. The Morgan fingerprint density at radius 3 is 2.53 bits per heavy atom. The molecule has 1 aromatic heterocycles. The largest absolute Gasteiger partial charge is 0.454 e. The van der Waals surface area contributed by atoms with Crippen molar-refractivity contribution in [2.45, 2.75) is 20.8 Å². The molecule has 9 nitrogen and oxygen atoms in total. The second kappa shape index (κ2) is 9.62. The van der Waals surface area contributed by atoms with Crippen molar-refractivity contribution in [2.75, 3.05) is 18.7 Å². The third kappa shape index (κ3) is 4.83. The molecule has 9 heteroatoms. The van der Waals surface area contributed by atoms with Crippen LogP contribution in [0.2, 0.25) is 0 Å². The first kappa shape index (κ1) is 22.8. The fourth-order valence-corrected chi connectivity index (χ4v) is 3.58. The van der Waals surface area contributed by atoms with Crippen LogP contribution in [0.25, 0.3) is 11.8 Å². The lowest BCUT2D eigenvalue weighted by Crippen LogP contribution is -2.21. The van der Waals surface area contributed by atoms with Gasteiger partial charge in [0.1, 0.15) is 0 Å². The van der Waals surface area contributed by atoms with Gasteiger partial charge in [0.25, 0.3) is 5.91 Å². The molecule has 0 unspecified atom stereocenters. The maximum Gasteiger partial charge on any atom is 0.331 e. The molecular weight excluding hydrogens is 438 g/mol. The normalized spacial score (nSPS) is 12.1. The van der Waals surface area contributed by atoms with E-state index in [1.165, 1.54) is 25.1 Å². The Hall–Kier alpha value is -4.40. The predicted molar refractivity (Wildman–Crippen MR) is 124 cm³/mol. The van der Waals surface area contributed by atoms with Crippen molar-refractivity contribution in [3.8, 4) is 17.2 Å². The summed E-state index contributed by atoms with van der Waals surface area (Å²) in [5.74, 6) is -0.676. The standard InChI is InChI=1S/C25H23N3O6/c1-15-19(16(2)28(27-15)18-7-5-4-6-8-18)9-10-25(31)32-13-24(30)26-21-12-23-22(33-14-34-23)11-20(21)17(3)29/h4-12H,13-14H2,1-3H3,(H,26,30)/b10-9+. The molecule has 34 heavy (non-hydrogen) atoms. The van der Waals surface area contributed by atoms with Gasteiger partial charge in [0.05, 0.1) is 17.1 Å². The lowest BCUT2D eigenvalue weighted by molar-refractivity contribution is -0.142. The molecule has 1 N–H and O–H groups in total. The summed E-state index contributed by atoms with van der Waals surface area (Å²) >= 11 is 0. The van der Waals surface area contributed by atoms with Crippen LogP contribution in [0.3, 0.4) is 0 Å². The summed E-state index contributed by atoms with van der Waals surface area (Å²) in [5, 5.41) is 7.11. The van der Waals surface area contributed by atoms with E-state index in [1.54, 1.807) is 10.8 Å². The molecule has 0 saturated carbocycles. The third-order valence-electron chi connectivity index (χ3n) is 5.25. The second-order valence-electron chi connectivity index (χ2n) is 7.63. The van der Waals surface area contributed by atoms with Crippen LogP contribution in [0.1, 0.15) is 34.2 Å². The molecule has 2 heterocycles. The number of Topliss-reactive ketones (excluding diaryl/α,β-unsaturated/α-hetero) is 1. The topological polar surface area (TPSA) is 109 Å². The third-order valence-corrected chi connectivity index (χ3v) is 5.25. The lowest BCUT2D eigenvalue weighted by Gasteiger charge is -2.10. The molecular formula is C25H23N3O6. The number of ketones is 1. The van der Waals surface area contributed by atoms with Crippen LogP contribution < -0.4 is 14.8 Å². The molecule has 0 aliphatic carbocycles. The number of aryl methyl sites for hydroxylation is 1. The van der Waals surface area contributed by atoms with Gasteiger partial charge >= 0.3 is 5.97 Å². The highest BCUT2D eigenvalue weighted by atomic mass is 16.7. The molecule has 0 radical (unpaired) electrons. The highest BCUT2D eigenvalue weighted by Gasteiger charge is 2.20. The maximum absolute atomic E-state index is 12.3. The number of para-hydroxylation sites is 1. The zero-order valence-corrected chi connectivity index (χ0v) is 19.0. The second-order valence-corrected chi connectivity index (χ2v) is 7.63. The Morgan fingerprint density at radius 1 is 1.12 bits per heavy atom. The van der Waals surface area contributed by atoms with Crippen molar-refractivity contribution in [1.82, 2.24) is 9.78 Å². The van der Waals surface area contributed by atoms with Crippen LogP contribution >= 0.6 is 0 Å². The van der Waals surface area contributed by atoms with Gasteiger partial charge in [-0.1, -0.05) is 18.2 Å². The average Bonchev–Trinajstić information content (AvgIpc) is 3.39. The van der Waals surface area contributed by atoms with E-state index in [9.17, 15) is 14.4 Å². The zero-order chi connectivity index (χ0) is 24.2. The van der Waals surface area contributed by atoms with Crippen molar-refractivity contribution in [3.05, 3.63) is 71.1 Å². The maximum atomic E-state index is 12.3. The van der Waals surface area contributed by atoms with E-state index in [0.717, 1.165) is 22.6 Å². The summed E-state index contributed by atoms with van der Waals surface area (Å²) in [5.41, 5.74) is 3.85. The minimum absolute atomic E-state index is 0.0389. The quantitative estimate of drug-likeness (QED) is 0.325.